The Kier molecular flexibility index (Phi) is 4.41. The summed E-state index contributed by atoms with van der Waals surface area (Å²) in [6, 6.07) is 25.9. The van der Waals surface area contributed by atoms with Crippen LogP contribution in [0.4, 0.5) is 0 Å². The van der Waals surface area contributed by atoms with Gasteiger partial charge in [-0.25, -0.2) is 0 Å². The van der Waals surface area contributed by atoms with Gasteiger partial charge < -0.3 is 0 Å². The minimum Gasteiger partial charge on any atom is -0.0622 e. The minimum absolute atomic E-state index is 1.26. The average molecular weight is 482 g/mol. The number of hydrogen-bond acceptors (Lipinski definition) is 0. The second kappa shape index (κ2) is 6.26. The summed E-state index contributed by atoms with van der Waals surface area (Å²) in [5.74, 6) is 0. The molecule has 3 aromatic carbocycles. The normalized spacial score (nSPS) is 10.5. The summed E-state index contributed by atoms with van der Waals surface area (Å²) in [4.78, 5) is 0. The molecule has 98 valence electrons. The van der Waals surface area contributed by atoms with Crippen LogP contribution in [0, 0.1) is 7.14 Å². The first-order chi connectivity index (χ1) is 9.72. The third-order valence-electron chi connectivity index (χ3n) is 3.19. The SMILES string of the molecule is Ic1cc(I)cc(-c2ccc(-c3ccccc3)cc2)c1. The molecule has 0 N–H and O–H groups in total. The van der Waals surface area contributed by atoms with Crippen molar-refractivity contribution in [1.29, 1.82) is 0 Å². The molecule has 0 aliphatic carbocycles. The summed E-state index contributed by atoms with van der Waals surface area (Å²) in [7, 11) is 0. The van der Waals surface area contributed by atoms with E-state index in [4.69, 9.17) is 0 Å². The van der Waals surface area contributed by atoms with Gasteiger partial charge in [-0.15, -0.1) is 0 Å². The van der Waals surface area contributed by atoms with E-state index in [0.717, 1.165) is 0 Å². The highest BCUT2D eigenvalue weighted by Crippen LogP contribution is 2.27. The van der Waals surface area contributed by atoms with Gasteiger partial charge in [0.2, 0.25) is 0 Å². The van der Waals surface area contributed by atoms with Crippen LogP contribution in [-0.4, -0.2) is 0 Å². The molecule has 0 aromatic heterocycles. The van der Waals surface area contributed by atoms with E-state index < -0.39 is 0 Å². The molecule has 0 radical (unpaired) electrons. The van der Waals surface area contributed by atoms with E-state index in [-0.39, 0.29) is 0 Å². The van der Waals surface area contributed by atoms with E-state index in [1.807, 2.05) is 6.07 Å². The Labute approximate surface area is 146 Å². The highest BCUT2D eigenvalue weighted by atomic mass is 127. The van der Waals surface area contributed by atoms with Crippen LogP contribution in [0.1, 0.15) is 0 Å². The van der Waals surface area contributed by atoms with Gasteiger partial charge in [-0.3, -0.25) is 0 Å². The predicted octanol–water partition coefficient (Wildman–Crippen LogP) is 6.23. The molecule has 3 aromatic rings. The number of halogens is 2. The van der Waals surface area contributed by atoms with Gasteiger partial charge in [0.25, 0.3) is 0 Å². The first kappa shape index (κ1) is 14.1. The Morgan fingerprint density at radius 2 is 0.900 bits per heavy atom. The molecule has 0 atom stereocenters. The van der Waals surface area contributed by atoms with Crippen LogP contribution in [0.3, 0.4) is 0 Å². The summed E-state index contributed by atoms with van der Waals surface area (Å²) >= 11 is 4.74. The van der Waals surface area contributed by atoms with Gasteiger partial charge in [0, 0.05) is 7.14 Å². The maximum atomic E-state index is 2.37. The lowest BCUT2D eigenvalue weighted by molar-refractivity contribution is 1.55. The van der Waals surface area contributed by atoms with E-state index in [1.165, 1.54) is 29.4 Å². The Bertz CT molecular complexity index is 696. The minimum atomic E-state index is 1.26. The van der Waals surface area contributed by atoms with Crippen LogP contribution in [0.2, 0.25) is 0 Å². The molecule has 0 nitrogen and oxygen atoms in total. The van der Waals surface area contributed by atoms with Crippen molar-refractivity contribution in [2.24, 2.45) is 0 Å². The first-order valence-electron chi connectivity index (χ1n) is 6.34. The topological polar surface area (TPSA) is 0 Å². The lowest BCUT2D eigenvalue weighted by Crippen LogP contribution is -1.83. The summed E-state index contributed by atoms with van der Waals surface area (Å²) in [6.45, 7) is 0. The monoisotopic (exact) mass is 482 g/mol. The lowest BCUT2D eigenvalue weighted by atomic mass is 10.0. The van der Waals surface area contributed by atoms with Crippen LogP contribution in [-0.2, 0) is 0 Å². The second-order valence-electron chi connectivity index (χ2n) is 4.60. The standard InChI is InChI=1S/C18H12I2/c19-17-10-16(11-18(20)12-17)15-8-6-14(7-9-15)13-4-2-1-3-5-13/h1-12H. The molecule has 0 heterocycles. The molecular weight excluding hydrogens is 470 g/mol. The Morgan fingerprint density at radius 1 is 0.450 bits per heavy atom. The largest absolute Gasteiger partial charge is 0.0622 e. The van der Waals surface area contributed by atoms with Crippen molar-refractivity contribution in [3.63, 3.8) is 0 Å². The smallest absolute Gasteiger partial charge is 0.0147 e. The van der Waals surface area contributed by atoms with Crippen molar-refractivity contribution in [2.75, 3.05) is 0 Å². The van der Waals surface area contributed by atoms with Crippen molar-refractivity contribution in [1.82, 2.24) is 0 Å². The molecule has 0 unspecified atom stereocenters. The lowest BCUT2D eigenvalue weighted by Gasteiger charge is -2.06. The highest BCUT2D eigenvalue weighted by molar-refractivity contribution is 14.1. The molecule has 0 fully saturated rings. The van der Waals surface area contributed by atoms with Crippen LogP contribution < -0.4 is 0 Å². The summed E-state index contributed by atoms with van der Waals surface area (Å²) in [6.07, 6.45) is 0. The molecule has 0 aliphatic rings. The van der Waals surface area contributed by atoms with Gasteiger partial charge in [-0.05, 0) is 85.6 Å². The van der Waals surface area contributed by atoms with E-state index >= 15 is 0 Å². The average Bonchev–Trinajstić information content (AvgIpc) is 2.47. The molecule has 20 heavy (non-hydrogen) atoms. The number of hydrogen-bond donors (Lipinski definition) is 0. The quantitative estimate of drug-likeness (QED) is 0.380. The van der Waals surface area contributed by atoms with Crippen LogP contribution in [0.5, 0.6) is 0 Å². The molecule has 0 bridgehead atoms. The summed E-state index contributed by atoms with van der Waals surface area (Å²) in [5.41, 5.74) is 5.06. The number of benzene rings is 3. The van der Waals surface area contributed by atoms with Gasteiger partial charge >= 0.3 is 0 Å². The van der Waals surface area contributed by atoms with Crippen molar-refractivity contribution < 1.29 is 0 Å². The maximum absolute atomic E-state index is 2.37. The molecule has 0 amide bonds. The van der Waals surface area contributed by atoms with Crippen LogP contribution >= 0.6 is 45.2 Å². The van der Waals surface area contributed by atoms with E-state index in [2.05, 4.69) is 112 Å². The van der Waals surface area contributed by atoms with Gasteiger partial charge in [-0.2, -0.15) is 0 Å². The van der Waals surface area contributed by atoms with Gasteiger partial charge in [-0.1, -0.05) is 54.6 Å². The molecule has 0 spiro atoms. The number of rotatable bonds is 2. The molecular formula is C18H12I2. The molecule has 0 aliphatic heterocycles. The van der Waals surface area contributed by atoms with Crippen molar-refractivity contribution in [2.45, 2.75) is 0 Å². The van der Waals surface area contributed by atoms with Gasteiger partial charge in [0.15, 0.2) is 0 Å². The summed E-state index contributed by atoms with van der Waals surface area (Å²) in [5, 5.41) is 0. The van der Waals surface area contributed by atoms with Crippen LogP contribution in [0.25, 0.3) is 22.3 Å². The van der Waals surface area contributed by atoms with E-state index in [0.29, 0.717) is 0 Å². The highest BCUT2D eigenvalue weighted by Gasteiger charge is 2.02. The Morgan fingerprint density at radius 3 is 1.45 bits per heavy atom. The van der Waals surface area contributed by atoms with Crippen molar-refractivity contribution in [3.05, 3.63) is 79.9 Å². The third-order valence-corrected chi connectivity index (χ3v) is 4.43. The molecule has 0 saturated heterocycles. The third kappa shape index (κ3) is 3.23. The van der Waals surface area contributed by atoms with E-state index in [9.17, 15) is 0 Å². The second-order valence-corrected chi connectivity index (χ2v) is 7.09. The zero-order valence-electron chi connectivity index (χ0n) is 10.7. The van der Waals surface area contributed by atoms with Crippen LogP contribution in [0.15, 0.2) is 72.8 Å². The fraction of sp³-hybridized carbons (Fsp3) is 0. The zero-order chi connectivity index (χ0) is 13.9. The first-order valence-corrected chi connectivity index (χ1v) is 8.50. The fourth-order valence-electron chi connectivity index (χ4n) is 2.21. The van der Waals surface area contributed by atoms with Gasteiger partial charge in [0.05, 0.1) is 0 Å². The maximum Gasteiger partial charge on any atom is 0.0147 e. The molecule has 2 heteroatoms. The molecule has 3 rings (SSSR count). The Hall–Kier alpha value is -0.880. The summed E-state index contributed by atoms with van der Waals surface area (Å²) < 4.78 is 2.55. The Balaban J connectivity index is 1.97. The predicted molar refractivity (Wildman–Crippen MR) is 103 cm³/mol. The van der Waals surface area contributed by atoms with Crippen molar-refractivity contribution in [3.8, 4) is 22.3 Å². The zero-order valence-corrected chi connectivity index (χ0v) is 15.0. The van der Waals surface area contributed by atoms with E-state index in [1.54, 1.807) is 0 Å². The molecule has 0 saturated carbocycles. The van der Waals surface area contributed by atoms with Gasteiger partial charge in [0.1, 0.15) is 0 Å². The fourth-order valence-corrected chi connectivity index (χ4v) is 4.14. The van der Waals surface area contributed by atoms with Crippen molar-refractivity contribution >= 4 is 45.2 Å².